The van der Waals surface area contributed by atoms with Gasteiger partial charge in [-0.2, -0.15) is 0 Å². The highest BCUT2D eigenvalue weighted by Crippen LogP contribution is 2.01. The highest BCUT2D eigenvalue weighted by Gasteiger charge is 2.09. The minimum absolute atomic E-state index is 0.0424. The lowest BCUT2D eigenvalue weighted by Gasteiger charge is -2.25. The molecule has 0 saturated heterocycles. The number of carboxylic acids is 1. The van der Waals surface area contributed by atoms with Crippen molar-refractivity contribution in [1.29, 1.82) is 0 Å². The molecule has 0 amide bonds. The van der Waals surface area contributed by atoms with Crippen LogP contribution in [0, 0.1) is 0 Å². The summed E-state index contributed by atoms with van der Waals surface area (Å²) < 4.78 is 5.18. The van der Waals surface area contributed by atoms with Gasteiger partial charge in [0.2, 0.25) is 0 Å². The second-order valence-electron chi connectivity index (χ2n) is 3.96. The Hall–Kier alpha value is -0.650. The molecule has 0 aromatic carbocycles. The number of nitrogens with zero attached hydrogens (tertiary/aromatic N) is 1. The lowest BCUT2D eigenvalue weighted by molar-refractivity contribution is -0.137. The first kappa shape index (κ1) is 15.3. The van der Waals surface area contributed by atoms with Gasteiger partial charge in [-0.1, -0.05) is 0 Å². The van der Waals surface area contributed by atoms with Crippen LogP contribution in [0.15, 0.2) is 0 Å². The van der Waals surface area contributed by atoms with E-state index in [0.29, 0.717) is 25.7 Å². The van der Waals surface area contributed by atoms with Gasteiger partial charge in [0.05, 0.1) is 19.8 Å². The second-order valence-corrected chi connectivity index (χ2v) is 3.96. The van der Waals surface area contributed by atoms with Crippen LogP contribution in [0.2, 0.25) is 0 Å². The molecule has 0 heterocycles. The Labute approximate surface area is 97.0 Å². The number of aliphatic hydroxyl groups excluding tert-OH is 1. The number of aliphatic carboxylic acids is 1. The van der Waals surface area contributed by atoms with E-state index in [9.17, 15) is 4.79 Å². The molecule has 0 radical (unpaired) electrons. The summed E-state index contributed by atoms with van der Waals surface area (Å²) in [7, 11) is 0. The Morgan fingerprint density at radius 1 is 1.31 bits per heavy atom. The van der Waals surface area contributed by atoms with Crippen LogP contribution in [0.3, 0.4) is 0 Å². The van der Waals surface area contributed by atoms with Gasteiger partial charge in [0, 0.05) is 19.0 Å². The molecule has 5 nitrogen and oxygen atoms in total. The van der Waals surface area contributed by atoms with Crippen LogP contribution in [0.25, 0.3) is 0 Å². The summed E-state index contributed by atoms with van der Waals surface area (Å²) in [6, 6.07) is 0.381. The van der Waals surface area contributed by atoms with E-state index in [1.54, 1.807) is 0 Å². The summed E-state index contributed by atoms with van der Waals surface area (Å²) in [5, 5.41) is 17.1. The molecule has 0 aliphatic heterocycles. The van der Waals surface area contributed by atoms with Gasteiger partial charge >= 0.3 is 5.97 Å². The number of rotatable bonds is 10. The third kappa shape index (κ3) is 8.64. The van der Waals surface area contributed by atoms with Crippen molar-refractivity contribution in [3.05, 3.63) is 0 Å². The van der Waals surface area contributed by atoms with Crippen molar-refractivity contribution in [2.75, 3.05) is 32.9 Å². The summed E-state index contributed by atoms with van der Waals surface area (Å²) in [5.41, 5.74) is 0. The lowest BCUT2D eigenvalue weighted by atomic mass is 10.2. The van der Waals surface area contributed by atoms with Crippen LogP contribution in [-0.4, -0.2) is 60.0 Å². The van der Waals surface area contributed by atoms with Gasteiger partial charge in [0.25, 0.3) is 0 Å². The molecule has 5 heteroatoms. The van der Waals surface area contributed by atoms with Crippen LogP contribution in [-0.2, 0) is 9.53 Å². The van der Waals surface area contributed by atoms with Gasteiger partial charge in [-0.05, 0) is 26.8 Å². The van der Waals surface area contributed by atoms with Crippen molar-refractivity contribution in [1.82, 2.24) is 4.90 Å². The van der Waals surface area contributed by atoms with Crippen LogP contribution >= 0.6 is 0 Å². The van der Waals surface area contributed by atoms with Gasteiger partial charge in [0.15, 0.2) is 0 Å². The third-order valence-corrected chi connectivity index (χ3v) is 2.32. The smallest absolute Gasteiger partial charge is 0.303 e. The molecule has 0 rings (SSSR count). The number of carboxylic acid groups (broad SMARTS) is 1. The van der Waals surface area contributed by atoms with Gasteiger partial charge in [-0.25, -0.2) is 0 Å². The summed E-state index contributed by atoms with van der Waals surface area (Å²) >= 11 is 0. The van der Waals surface area contributed by atoms with E-state index < -0.39 is 5.97 Å². The lowest BCUT2D eigenvalue weighted by Crippen LogP contribution is -2.35. The molecule has 96 valence electrons. The fourth-order valence-corrected chi connectivity index (χ4v) is 1.41. The highest BCUT2D eigenvalue weighted by atomic mass is 16.5. The minimum Gasteiger partial charge on any atom is -0.481 e. The Bertz CT molecular complexity index is 185. The van der Waals surface area contributed by atoms with Crippen molar-refractivity contribution in [2.24, 2.45) is 0 Å². The molecular formula is C11H23NO4. The van der Waals surface area contributed by atoms with Crippen LogP contribution in [0.1, 0.15) is 26.7 Å². The first-order valence-electron chi connectivity index (χ1n) is 5.72. The molecular weight excluding hydrogens is 210 g/mol. The normalized spacial score (nSPS) is 11.3. The summed E-state index contributed by atoms with van der Waals surface area (Å²) in [6.45, 7) is 6.68. The molecule has 16 heavy (non-hydrogen) atoms. The van der Waals surface area contributed by atoms with Crippen molar-refractivity contribution >= 4 is 5.97 Å². The van der Waals surface area contributed by atoms with Crippen molar-refractivity contribution < 1.29 is 19.7 Å². The molecule has 0 aromatic heterocycles. The van der Waals surface area contributed by atoms with E-state index in [4.69, 9.17) is 14.9 Å². The van der Waals surface area contributed by atoms with E-state index >= 15 is 0 Å². The fraction of sp³-hybridized carbons (Fsp3) is 0.909. The standard InChI is InChI=1S/C11H23NO4/c1-10(2)12(5-3-4-11(14)15)6-8-16-9-7-13/h10,13H,3-9H2,1-2H3,(H,14,15). The SMILES string of the molecule is CC(C)N(CCCC(=O)O)CCOCCO. The zero-order valence-corrected chi connectivity index (χ0v) is 10.2. The summed E-state index contributed by atoms with van der Waals surface area (Å²) in [6.07, 6.45) is 0.869. The summed E-state index contributed by atoms with van der Waals surface area (Å²) in [5.74, 6) is -0.750. The largest absolute Gasteiger partial charge is 0.481 e. The van der Waals surface area contributed by atoms with E-state index in [1.807, 2.05) is 0 Å². The molecule has 0 atom stereocenters. The second kappa shape index (κ2) is 9.57. The third-order valence-electron chi connectivity index (χ3n) is 2.32. The predicted octanol–water partition coefficient (Wildman–Crippen LogP) is 0.571. The van der Waals surface area contributed by atoms with E-state index in [1.165, 1.54) is 0 Å². The number of ether oxygens (including phenoxy) is 1. The zero-order chi connectivity index (χ0) is 12.4. The zero-order valence-electron chi connectivity index (χ0n) is 10.2. The molecule has 0 spiro atoms. The first-order valence-corrected chi connectivity index (χ1v) is 5.72. The number of hydrogen-bond acceptors (Lipinski definition) is 4. The Morgan fingerprint density at radius 2 is 2.00 bits per heavy atom. The highest BCUT2D eigenvalue weighted by molar-refractivity contribution is 5.66. The fourth-order valence-electron chi connectivity index (χ4n) is 1.41. The van der Waals surface area contributed by atoms with Gasteiger partial charge in [0.1, 0.15) is 0 Å². The van der Waals surface area contributed by atoms with Crippen LogP contribution in [0.4, 0.5) is 0 Å². The Kier molecular flexibility index (Phi) is 9.18. The maximum absolute atomic E-state index is 10.4. The van der Waals surface area contributed by atoms with Gasteiger partial charge in [-0.3, -0.25) is 9.69 Å². The average Bonchev–Trinajstić information content (AvgIpc) is 2.20. The van der Waals surface area contributed by atoms with Crippen LogP contribution < -0.4 is 0 Å². The Morgan fingerprint density at radius 3 is 2.50 bits per heavy atom. The van der Waals surface area contributed by atoms with Crippen molar-refractivity contribution in [2.45, 2.75) is 32.7 Å². The molecule has 0 aliphatic rings. The molecule has 2 N–H and O–H groups in total. The first-order chi connectivity index (χ1) is 7.57. The van der Waals surface area contributed by atoms with E-state index in [0.717, 1.165) is 13.1 Å². The molecule has 0 fully saturated rings. The maximum atomic E-state index is 10.4. The molecule has 0 saturated carbocycles. The van der Waals surface area contributed by atoms with Crippen LogP contribution in [0.5, 0.6) is 0 Å². The van der Waals surface area contributed by atoms with Crippen molar-refractivity contribution in [3.63, 3.8) is 0 Å². The monoisotopic (exact) mass is 233 g/mol. The minimum atomic E-state index is -0.750. The van der Waals surface area contributed by atoms with Crippen molar-refractivity contribution in [3.8, 4) is 0 Å². The molecule has 0 aromatic rings. The van der Waals surface area contributed by atoms with Gasteiger partial charge in [-0.15, -0.1) is 0 Å². The quantitative estimate of drug-likeness (QED) is 0.540. The Balaban J connectivity index is 3.66. The number of hydrogen-bond donors (Lipinski definition) is 2. The predicted molar refractivity (Wildman–Crippen MR) is 61.5 cm³/mol. The average molecular weight is 233 g/mol. The van der Waals surface area contributed by atoms with E-state index in [-0.39, 0.29) is 13.0 Å². The van der Waals surface area contributed by atoms with Gasteiger partial charge < -0.3 is 14.9 Å². The summed E-state index contributed by atoms with van der Waals surface area (Å²) in [4.78, 5) is 12.6. The maximum Gasteiger partial charge on any atom is 0.303 e. The molecule has 0 bridgehead atoms. The molecule has 0 aliphatic carbocycles. The molecule has 0 unspecified atom stereocenters. The topological polar surface area (TPSA) is 70.0 Å². The number of carbonyl (C=O) groups is 1. The number of aliphatic hydroxyl groups is 1. The van der Waals surface area contributed by atoms with E-state index in [2.05, 4.69) is 18.7 Å².